The lowest BCUT2D eigenvalue weighted by molar-refractivity contribution is -0.104. The SMILES string of the molecule is CC=CCC/C=C/C=O. The van der Waals surface area contributed by atoms with E-state index in [2.05, 4.69) is 6.08 Å². The molecule has 0 bridgehead atoms. The summed E-state index contributed by atoms with van der Waals surface area (Å²) < 4.78 is 0. The van der Waals surface area contributed by atoms with E-state index in [9.17, 15) is 4.79 Å². The number of carbonyl (C=O) groups excluding carboxylic acids is 1. The average molecular weight is 124 g/mol. The highest BCUT2D eigenvalue weighted by atomic mass is 16.1. The lowest BCUT2D eigenvalue weighted by Gasteiger charge is -1.81. The Bertz CT molecular complexity index is 112. The van der Waals surface area contributed by atoms with E-state index < -0.39 is 0 Å². The number of hydrogen-bond acceptors (Lipinski definition) is 1. The molecule has 0 unspecified atom stereocenters. The van der Waals surface area contributed by atoms with Crippen LogP contribution in [0.1, 0.15) is 19.8 Å². The van der Waals surface area contributed by atoms with Gasteiger partial charge in [0.05, 0.1) is 0 Å². The van der Waals surface area contributed by atoms with Crippen molar-refractivity contribution < 1.29 is 4.79 Å². The Morgan fingerprint density at radius 3 is 2.44 bits per heavy atom. The highest BCUT2D eigenvalue weighted by molar-refractivity contribution is 5.64. The third-order valence-corrected chi connectivity index (χ3v) is 0.950. The molecule has 0 fully saturated rings. The van der Waals surface area contributed by atoms with Crippen LogP contribution < -0.4 is 0 Å². The summed E-state index contributed by atoms with van der Waals surface area (Å²) in [6, 6.07) is 0. The fraction of sp³-hybridized carbons (Fsp3) is 0.375. The summed E-state index contributed by atoms with van der Waals surface area (Å²) in [5, 5.41) is 0. The molecule has 0 spiro atoms. The van der Waals surface area contributed by atoms with Gasteiger partial charge in [-0.1, -0.05) is 18.2 Å². The zero-order valence-corrected chi connectivity index (χ0v) is 5.71. The van der Waals surface area contributed by atoms with Crippen molar-refractivity contribution in [1.29, 1.82) is 0 Å². The van der Waals surface area contributed by atoms with Gasteiger partial charge in [-0.2, -0.15) is 0 Å². The van der Waals surface area contributed by atoms with E-state index in [-0.39, 0.29) is 0 Å². The van der Waals surface area contributed by atoms with Crippen LogP contribution in [-0.4, -0.2) is 6.29 Å². The van der Waals surface area contributed by atoms with Gasteiger partial charge in [0, 0.05) is 0 Å². The molecule has 0 N–H and O–H groups in total. The summed E-state index contributed by atoms with van der Waals surface area (Å²) in [5.74, 6) is 0. The zero-order valence-electron chi connectivity index (χ0n) is 5.71. The fourth-order valence-electron chi connectivity index (χ4n) is 0.511. The molecule has 0 aromatic carbocycles. The van der Waals surface area contributed by atoms with Crippen molar-refractivity contribution in [3.05, 3.63) is 24.3 Å². The van der Waals surface area contributed by atoms with Crippen LogP contribution in [0.15, 0.2) is 24.3 Å². The molecule has 0 saturated heterocycles. The Morgan fingerprint density at radius 1 is 1.22 bits per heavy atom. The summed E-state index contributed by atoms with van der Waals surface area (Å²) in [7, 11) is 0. The Balaban J connectivity index is 3.08. The first-order valence-corrected chi connectivity index (χ1v) is 3.13. The van der Waals surface area contributed by atoms with E-state index in [1.54, 1.807) is 0 Å². The molecule has 0 aromatic rings. The summed E-state index contributed by atoms with van der Waals surface area (Å²) in [6.07, 6.45) is 10.3. The number of hydrogen-bond donors (Lipinski definition) is 0. The number of carbonyl (C=O) groups is 1. The number of unbranched alkanes of at least 4 members (excludes halogenated alkanes) is 1. The first kappa shape index (κ1) is 8.15. The normalized spacial score (nSPS) is 11.2. The van der Waals surface area contributed by atoms with Gasteiger partial charge < -0.3 is 0 Å². The van der Waals surface area contributed by atoms with Gasteiger partial charge in [-0.25, -0.2) is 0 Å². The van der Waals surface area contributed by atoms with E-state index in [4.69, 9.17) is 0 Å². The fourth-order valence-corrected chi connectivity index (χ4v) is 0.511. The molecule has 0 heterocycles. The molecule has 0 aliphatic rings. The van der Waals surface area contributed by atoms with Crippen molar-refractivity contribution in [3.63, 3.8) is 0 Å². The van der Waals surface area contributed by atoms with Gasteiger partial charge in [0.1, 0.15) is 6.29 Å². The number of rotatable bonds is 4. The van der Waals surface area contributed by atoms with Crippen LogP contribution >= 0.6 is 0 Å². The quantitative estimate of drug-likeness (QED) is 0.243. The average Bonchev–Trinajstić information content (AvgIpc) is 1.89. The molecular formula is C8H12O. The maximum atomic E-state index is 9.73. The minimum Gasteiger partial charge on any atom is -0.299 e. The van der Waals surface area contributed by atoms with Crippen molar-refractivity contribution in [3.8, 4) is 0 Å². The van der Waals surface area contributed by atoms with Gasteiger partial charge in [-0.15, -0.1) is 0 Å². The van der Waals surface area contributed by atoms with Crippen LogP contribution in [0.2, 0.25) is 0 Å². The molecule has 0 aliphatic heterocycles. The Kier molecular flexibility index (Phi) is 6.47. The highest BCUT2D eigenvalue weighted by Crippen LogP contribution is 1.90. The van der Waals surface area contributed by atoms with E-state index in [0.717, 1.165) is 19.1 Å². The summed E-state index contributed by atoms with van der Waals surface area (Å²) >= 11 is 0. The Hall–Kier alpha value is -0.850. The summed E-state index contributed by atoms with van der Waals surface area (Å²) in [5.41, 5.74) is 0. The third-order valence-electron chi connectivity index (χ3n) is 0.950. The molecule has 0 amide bonds. The van der Waals surface area contributed by atoms with Gasteiger partial charge in [-0.3, -0.25) is 4.79 Å². The molecule has 1 nitrogen and oxygen atoms in total. The van der Waals surface area contributed by atoms with Gasteiger partial charge in [0.15, 0.2) is 0 Å². The maximum absolute atomic E-state index is 9.73. The molecule has 50 valence electrons. The van der Waals surface area contributed by atoms with Crippen LogP contribution in [0.5, 0.6) is 0 Å². The minimum absolute atomic E-state index is 0.801. The summed E-state index contributed by atoms with van der Waals surface area (Å²) in [4.78, 5) is 9.73. The van der Waals surface area contributed by atoms with Gasteiger partial charge >= 0.3 is 0 Å². The Morgan fingerprint density at radius 2 is 1.89 bits per heavy atom. The summed E-state index contributed by atoms with van der Waals surface area (Å²) in [6.45, 7) is 1.99. The molecule has 0 aliphatic carbocycles. The molecule has 0 saturated carbocycles. The number of aldehydes is 1. The van der Waals surface area contributed by atoms with Crippen LogP contribution in [0.3, 0.4) is 0 Å². The predicted octanol–water partition coefficient (Wildman–Crippen LogP) is 2.10. The first-order chi connectivity index (χ1) is 4.41. The molecule has 0 aromatic heterocycles. The number of allylic oxidation sites excluding steroid dienone is 4. The third kappa shape index (κ3) is 7.15. The van der Waals surface area contributed by atoms with Gasteiger partial charge in [0.25, 0.3) is 0 Å². The standard InChI is InChI=1S/C8H12O/c1-2-3-4-5-6-7-8-9/h2-3,6-8H,4-5H2,1H3/b3-2?,7-6+. The molecular weight excluding hydrogens is 112 g/mol. The maximum Gasteiger partial charge on any atom is 0.142 e. The molecule has 0 rings (SSSR count). The van der Waals surface area contributed by atoms with E-state index in [1.807, 2.05) is 19.1 Å². The van der Waals surface area contributed by atoms with E-state index in [1.165, 1.54) is 6.08 Å². The zero-order chi connectivity index (χ0) is 6.95. The lowest BCUT2D eigenvalue weighted by Crippen LogP contribution is -1.64. The molecule has 9 heavy (non-hydrogen) atoms. The first-order valence-electron chi connectivity index (χ1n) is 3.13. The monoisotopic (exact) mass is 124 g/mol. The van der Waals surface area contributed by atoms with Crippen LogP contribution in [-0.2, 0) is 4.79 Å². The largest absolute Gasteiger partial charge is 0.299 e. The predicted molar refractivity (Wildman–Crippen MR) is 39.3 cm³/mol. The second kappa shape index (κ2) is 7.15. The topological polar surface area (TPSA) is 17.1 Å². The lowest BCUT2D eigenvalue weighted by atomic mass is 10.3. The second-order valence-electron chi connectivity index (χ2n) is 1.71. The van der Waals surface area contributed by atoms with Crippen LogP contribution in [0.25, 0.3) is 0 Å². The Labute approximate surface area is 56.1 Å². The molecule has 1 heteroatoms. The molecule has 0 atom stereocenters. The van der Waals surface area contributed by atoms with Crippen LogP contribution in [0, 0.1) is 0 Å². The van der Waals surface area contributed by atoms with Crippen molar-refractivity contribution in [2.45, 2.75) is 19.8 Å². The van der Waals surface area contributed by atoms with Crippen LogP contribution in [0.4, 0.5) is 0 Å². The smallest absolute Gasteiger partial charge is 0.142 e. The van der Waals surface area contributed by atoms with Crippen molar-refractivity contribution >= 4 is 6.29 Å². The minimum atomic E-state index is 0.801. The molecule has 0 radical (unpaired) electrons. The van der Waals surface area contributed by atoms with Gasteiger partial charge in [0.2, 0.25) is 0 Å². The second-order valence-corrected chi connectivity index (χ2v) is 1.71. The van der Waals surface area contributed by atoms with E-state index in [0.29, 0.717) is 0 Å². The van der Waals surface area contributed by atoms with Crippen molar-refractivity contribution in [1.82, 2.24) is 0 Å². The van der Waals surface area contributed by atoms with Crippen molar-refractivity contribution in [2.24, 2.45) is 0 Å². The highest BCUT2D eigenvalue weighted by Gasteiger charge is 1.72. The van der Waals surface area contributed by atoms with Gasteiger partial charge in [-0.05, 0) is 25.8 Å². The van der Waals surface area contributed by atoms with E-state index >= 15 is 0 Å². The van der Waals surface area contributed by atoms with Crippen molar-refractivity contribution in [2.75, 3.05) is 0 Å².